The van der Waals surface area contributed by atoms with Crippen LogP contribution in [0.2, 0.25) is 0 Å². The van der Waals surface area contributed by atoms with Crippen LogP contribution in [0, 0.1) is 0 Å². The van der Waals surface area contributed by atoms with E-state index in [2.05, 4.69) is 0 Å². The third-order valence-electron chi connectivity index (χ3n) is 2.09. The molecule has 1 heterocycles. The first-order valence-corrected chi connectivity index (χ1v) is 4.17. The summed E-state index contributed by atoms with van der Waals surface area (Å²) in [6, 6.07) is 8.62. The molecule has 0 aromatic heterocycles. The van der Waals surface area contributed by atoms with Crippen LogP contribution in [0.4, 0.5) is 0 Å². The Hall–Kier alpha value is -1.68. The van der Waals surface area contributed by atoms with E-state index in [0.29, 0.717) is 5.56 Å². The summed E-state index contributed by atoms with van der Waals surface area (Å²) in [6.45, 7) is 0. The van der Waals surface area contributed by atoms with E-state index in [-0.39, 0.29) is 0 Å². The van der Waals surface area contributed by atoms with Crippen LogP contribution in [0.5, 0.6) is 0 Å². The van der Waals surface area contributed by atoms with Crippen molar-refractivity contribution in [1.82, 2.24) is 0 Å². The lowest BCUT2D eigenvalue weighted by Gasteiger charge is -2.06. The zero-order chi connectivity index (χ0) is 10.1. The average molecular weight is 192 g/mol. The molecular weight excluding hydrogens is 184 g/mol. The average Bonchev–Trinajstić information content (AvgIpc) is 2.47. The van der Waals surface area contributed by atoms with Crippen LogP contribution in [0.3, 0.4) is 0 Å². The van der Waals surface area contributed by atoms with Crippen LogP contribution >= 0.6 is 0 Å². The quantitative estimate of drug-likeness (QED) is 0.510. The van der Waals surface area contributed by atoms with E-state index in [1.807, 2.05) is 0 Å². The molecule has 4 nitrogen and oxygen atoms in total. The molecule has 1 N–H and O–H groups in total. The van der Waals surface area contributed by atoms with Crippen molar-refractivity contribution in [3.63, 3.8) is 0 Å². The summed E-state index contributed by atoms with van der Waals surface area (Å²) >= 11 is 0. The summed E-state index contributed by atoms with van der Waals surface area (Å²) < 4.78 is 4.73. The van der Waals surface area contributed by atoms with Gasteiger partial charge in [-0.1, -0.05) is 30.3 Å². The Morgan fingerprint density at radius 1 is 1.14 bits per heavy atom. The minimum Gasteiger partial charge on any atom is -0.447 e. The molecule has 1 aliphatic rings. The fourth-order valence-electron chi connectivity index (χ4n) is 1.36. The molecule has 0 radical (unpaired) electrons. The van der Waals surface area contributed by atoms with Gasteiger partial charge in [0.2, 0.25) is 11.9 Å². The molecule has 1 aliphatic heterocycles. The van der Waals surface area contributed by atoms with E-state index in [0.717, 1.165) is 0 Å². The number of esters is 1. The van der Waals surface area contributed by atoms with Crippen LogP contribution in [0.1, 0.15) is 11.7 Å². The van der Waals surface area contributed by atoms with Gasteiger partial charge in [-0.25, -0.2) is 4.79 Å². The van der Waals surface area contributed by atoms with Crippen molar-refractivity contribution < 1.29 is 19.4 Å². The van der Waals surface area contributed by atoms with Crippen molar-refractivity contribution in [1.29, 1.82) is 0 Å². The van der Waals surface area contributed by atoms with Gasteiger partial charge in [0.1, 0.15) is 0 Å². The topological polar surface area (TPSA) is 63.6 Å². The third kappa shape index (κ3) is 1.29. The summed E-state index contributed by atoms with van der Waals surface area (Å²) in [5.74, 6) is -1.47. The second-order valence-electron chi connectivity index (χ2n) is 3.03. The molecule has 0 aliphatic carbocycles. The number of ketones is 1. The van der Waals surface area contributed by atoms with Gasteiger partial charge < -0.3 is 9.84 Å². The Labute approximate surface area is 80.1 Å². The second kappa shape index (κ2) is 3.23. The zero-order valence-electron chi connectivity index (χ0n) is 7.21. The van der Waals surface area contributed by atoms with Gasteiger partial charge in [0, 0.05) is 5.56 Å². The molecule has 0 saturated carbocycles. The normalized spacial score (nSPS) is 26.4. The number of rotatable bonds is 1. The number of benzene rings is 1. The molecule has 0 bridgehead atoms. The van der Waals surface area contributed by atoms with E-state index in [4.69, 9.17) is 9.84 Å². The molecule has 14 heavy (non-hydrogen) atoms. The van der Waals surface area contributed by atoms with E-state index in [1.54, 1.807) is 30.3 Å². The van der Waals surface area contributed by atoms with Gasteiger partial charge in [0.25, 0.3) is 0 Å². The lowest BCUT2D eigenvalue weighted by molar-refractivity contribution is -0.147. The van der Waals surface area contributed by atoms with Gasteiger partial charge in [0.05, 0.1) is 0 Å². The highest BCUT2D eigenvalue weighted by atomic mass is 16.6. The third-order valence-corrected chi connectivity index (χ3v) is 2.09. The number of carbonyl (C=O) groups excluding carboxylic acids is 2. The number of aliphatic hydroxyl groups excluding tert-OH is 1. The number of Topliss-reactive ketones (excluding diaryl/α,β-unsaturated/α-hetero) is 1. The molecule has 4 heteroatoms. The van der Waals surface area contributed by atoms with Gasteiger partial charge in [-0.15, -0.1) is 0 Å². The van der Waals surface area contributed by atoms with Gasteiger partial charge >= 0.3 is 5.97 Å². The van der Waals surface area contributed by atoms with Crippen LogP contribution < -0.4 is 0 Å². The van der Waals surface area contributed by atoms with Gasteiger partial charge in [0.15, 0.2) is 6.10 Å². The fraction of sp³-hybridized carbons (Fsp3) is 0.200. The van der Waals surface area contributed by atoms with Gasteiger partial charge in [-0.3, -0.25) is 4.79 Å². The Bertz CT molecular complexity index is 371. The Morgan fingerprint density at radius 3 is 2.29 bits per heavy atom. The first kappa shape index (κ1) is 8.90. The molecule has 1 aromatic rings. The van der Waals surface area contributed by atoms with Crippen LogP contribution in [0.25, 0.3) is 0 Å². The number of carbonyl (C=O) groups is 2. The molecule has 1 saturated heterocycles. The highest BCUT2D eigenvalue weighted by Gasteiger charge is 2.42. The maximum Gasteiger partial charge on any atom is 0.344 e. The van der Waals surface area contributed by atoms with Crippen LogP contribution in [0.15, 0.2) is 30.3 Å². The molecule has 2 rings (SSSR count). The Kier molecular flexibility index (Phi) is 2.05. The molecule has 1 fully saturated rings. The largest absolute Gasteiger partial charge is 0.447 e. The lowest BCUT2D eigenvalue weighted by Crippen LogP contribution is -2.21. The molecular formula is C10H8O4. The first-order valence-electron chi connectivity index (χ1n) is 4.17. The molecule has 0 amide bonds. The summed E-state index contributed by atoms with van der Waals surface area (Å²) in [5.41, 5.74) is 0.586. The highest BCUT2D eigenvalue weighted by molar-refractivity contribution is 6.09. The highest BCUT2D eigenvalue weighted by Crippen LogP contribution is 2.26. The number of hydrogen-bond acceptors (Lipinski definition) is 4. The second-order valence-corrected chi connectivity index (χ2v) is 3.03. The Balaban J connectivity index is 2.30. The molecule has 2 atom stereocenters. The standard InChI is InChI=1S/C10H8O4/c11-7-8(12)10(13)14-9(7)6-4-2-1-3-5-6/h1-5,8-9,12H. The minimum absolute atomic E-state index is 0.586. The van der Waals surface area contributed by atoms with E-state index < -0.39 is 24.0 Å². The van der Waals surface area contributed by atoms with E-state index in [1.165, 1.54) is 0 Å². The van der Waals surface area contributed by atoms with Crippen LogP contribution in [-0.2, 0) is 14.3 Å². The SMILES string of the molecule is O=C1OC(c2ccccc2)C(=O)C1O. The summed E-state index contributed by atoms with van der Waals surface area (Å²) in [7, 11) is 0. The van der Waals surface area contributed by atoms with Crippen LogP contribution in [-0.4, -0.2) is 23.0 Å². The maximum absolute atomic E-state index is 11.3. The molecule has 2 unspecified atom stereocenters. The smallest absolute Gasteiger partial charge is 0.344 e. The zero-order valence-corrected chi connectivity index (χ0v) is 7.21. The molecule has 0 spiro atoms. The summed E-state index contributed by atoms with van der Waals surface area (Å²) in [4.78, 5) is 22.2. The molecule has 1 aromatic carbocycles. The number of cyclic esters (lactones) is 1. The predicted octanol–water partition coefficient (Wildman–Crippen LogP) is 0.214. The van der Waals surface area contributed by atoms with E-state index in [9.17, 15) is 9.59 Å². The van der Waals surface area contributed by atoms with Gasteiger partial charge in [-0.2, -0.15) is 0 Å². The lowest BCUT2D eigenvalue weighted by atomic mass is 10.1. The van der Waals surface area contributed by atoms with Crippen molar-refractivity contribution in [3.05, 3.63) is 35.9 Å². The van der Waals surface area contributed by atoms with Crippen molar-refractivity contribution in [3.8, 4) is 0 Å². The minimum atomic E-state index is -1.62. The van der Waals surface area contributed by atoms with Crippen molar-refractivity contribution >= 4 is 11.8 Å². The molecule has 72 valence electrons. The monoisotopic (exact) mass is 192 g/mol. The summed E-state index contributed by atoms with van der Waals surface area (Å²) in [5, 5.41) is 9.07. The Morgan fingerprint density at radius 2 is 1.79 bits per heavy atom. The number of ether oxygens (including phenoxy) is 1. The summed E-state index contributed by atoms with van der Waals surface area (Å²) in [6.07, 6.45) is -2.57. The van der Waals surface area contributed by atoms with Crippen molar-refractivity contribution in [2.45, 2.75) is 12.2 Å². The number of aliphatic hydroxyl groups is 1. The number of hydrogen-bond donors (Lipinski definition) is 1. The van der Waals surface area contributed by atoms with Crippen molar-refractivity contribution in [2.75, 3.05) is 0 Å². The first-order chi connectivity index (χ1) is 6.70. The van der Waals surface area contributed by atoms with Crippen molar-refractivity contribution in [2.24, 2.45) is 0 Å². The fourth-order valence-corrected chi connectivity index (χ4v) is 1.36. The van der Waals surface area contributed by atoms with Gasteiger partial charge in [-0.05, 0) is 0 Å². The van der Waals surface area contributed by atoms with E-state index >= 15 is 0 Å². The predicted molar refractivity (Wildman–Crippen MR) is 46.3 cm³/mol. The maximum atomic E-state index is 11.3.